The largest absolute Gasteiger partial charge is 0.492 e. The Morgan fingerprint density at radius 1 is 1.44 bits per heavy atom. The lowest BCUT2D eigenvalue weighted by Gasteiger charge is -2.04. The molecule has 96 valence electrons. The molecule has 3 nitrogen and oxygen atoms in total. The summed E-state index contributed by atoms with van der Waals surface area (Å²) in [5.41, 5.74) is 0.151. The maximum atomic E-state index is 13.3. The van der Waals surface area contributed by atoms with E-state index in [4.69, 9.17) is 4.74 Å². The van der Waals surface area contributed by atoms with E-state index in [0.29, 0.717) is 13.0 Å². The molecule has 0 aliphatic carbocycles. The topological polar surface area (TPSA) is 38.3 Å². The van der Waals surface area contributed by atoms with Gasteiger partial charge in [0.15, 0.2) is 11.6 Å². The van der Waals surface area contributed by atoms with Crippen LogP contribution in [0.4, 0.5) is 8.78 Å². The van der Waals surface area contributed by atoms with Crippen LogP contribution in [0, 0.1) is 23.5 Å². The van der Waals surface area contributed by atoms with E-state index in [1.807, 2.05) is 0 Å². The Hall–Kier alpha value is -2.09. The molecule has 0 aliphatic heterocycles. The number of methoxy groups -OCH3 is 1. The number of ether oxygens (including phenoxy) is 1. The molecule has 0 aromatic heterocycles. The number of benzene rings is 1. The van der Waals surface area contributed by atoms with Gasteiger partial charge in [-0.05, 0) is 6.07 Å². The molecular formula is C13H13F2NO2. The molecule has 0 aliphatic rings. The minimum atomic E-state index is -0.788. The van der Waals surface area contributed by atoms with Crippen molar-refractivity contribution in [1.29, 1.82) is 0 Å². The quantitative estimate of drug-likeness (QED) is 0.659. The maximum absolute atomic E-state index is 13.3. The maximum Gasteiger partial charge on any atom is 0.216 e. The number of carbonyl (C=O) groups excluding carboxylic acids is 1. The number of hydrogen-bond acceptors (Lipinski definition) is 2. The average Bonchev–Trinajstić information content (AvgIpc) is 2.27. The van der Waals surface area contributed by atoms with Gasteiger partial charge in [0.2, 0.25) is 5.91 Å². The first-order chi connectivity index (χ1) is 8.54. The third-order valence-corrected chi connectivity index (χ3v) is 2.06. The summed E-state index contributed by atoms with van der Waals surface area (Å²) < 4.78 is 31.1. The van der Waals surface area contributed by atoms with E-state index in [2.05, 4.69) is 17.2 Å². The Morgan fingerprint density at radius 3 is 2.78 bits per heavy atom. The van der Waals surface area contributed by atoms with Gasteiger partial charge in [-0.1, -0.05) is 11.8 Å². The van der Waals surface area contributed by atoms with Crippen LogP contribution in [0.3, 0.4) is 0 Å². The van der Waals surface area contributed by atoms with Crippen molar-refractivity contribution in [3.05, 3.63) is 29.3 Å². The lowest BCUT2D eigenvalue weighted by molar-refractivity contribution is -0.118. The predicted octanol–water partition coefficient (Wildman–Crippen LogP) is 1.85. The minimum absolute atomic E-state index is 0.0802. The second kappa shape index (κ2) is 6.60. The van der Waals surface area contributed by atoms with Gasteiger partial charge in [-0.25, -0.2) is 8.78 Å². The molecule has 0 saturated carbocycles. The van der Waals surface area contributed by atoms with Crippen molar-refractivity contribution in [2.45, 2.75) is 13.3 Å². The number of amides is 1. The molecule has 0 spiro atoms. The van der Waals surface area contributed by atoms with Crippen LogP contribution in [0.2, 0.25) is 0 Å². The molecular weight excluding hydrogens is 240 g/mol. The van der Waals surface area contributed by atoms with Crippen LogP contribution in [0.15, 0.2) is 12.1 Å². The van der Waals surface area contributed by atoms with Crippen molar-refractivity contribution >= 4 is 5.91 Å². The summed E-state index contributed by atoms with van der Waals surface area (Å²) in [4.78, 5) is 10.6. The summed E-state index contributed by atoms with van der Waals surface area (Å²) >= 11 is 0. The lowest BCUT2D eigenvalue weighted by Crippen LogP contribution is -2.20. The standard InChI is InChI=1S/C13H13F2NO2/c1-9(17)16-6-4-3-5-10-7-11(14)8-12(15)13(10)18-2/h7-8H,4,6H2,1-2H3,(H,16,17). The van der Waals surface area contributed by atoms with Gasteiger partial charge < -0.3 is 10.1 Å². The Labute approximate surface area is 104 Å². The first-order valence-electron chi connectivity index (χ1n) is 5.31. The normalized spacial score (nSPS) is 9.33. The summed E-state index contributed by atoms with van der Waals surface area (Å²) in [6, 6.07) is 1.84. The van der Waals surface area contributed by atoms with Gasteiger partial charge in [-0.2, -0.15) is 0 Å². The van der Waals surface area contributed by atoms with Gasteiger partial charge >= 0.3 is 0 Å². The molecule has 1 N–H and O–H groups in total. The van der Waals surface area contributed by atoms with Gasteiger partial charge in [0.05, 0.1) is 12.7 Å². The fraction of sp³-hybridized carbons (Fsp3) is 0.308. The Kier molecular flexibility index (Phi) is 5.12. The van der Waals surface area contributed by atoms with E-state index >= 15 is 0 Å². The zero-order valence-electron chi connectivity index (χ0n) is 10.1. The molecule has 0 heterocycles. The van der Waals surface area contributed by atoms with Gasteiger partial charge in [-0.15, -0.1) is 0 Å². The highest BCUT2D eigenvalue weighted by atomic mass is 19.1. The van der Waals surface area contributed by atoms with Gasteiger partial charge in [0, 0.05) is 26.0 Å². The van der Waals surface area contributed by atoms with Crippen LogP contribution in [-0.2, 0) is 4.79 Å². The molecule has 0 unspecified atom stereocenters. The molecule has 0 atom stereocenters. The van der Waals surface area contributed by atoms with E-state index in [1.165, 1.54) is 14.0 Å². The van der Waals surface area contributed by atoms with E-state index in [1.54, 1.807) is 0 Å². The van der Waals surface area contributed by atoms with Crippen LogP contribution >= 0.6 is 0 Å². The monoisotopic (exact) mass is 253 g/mol. The highest BCUT2D eigenvalue weighted by molar-refractivity contribution is 5.72. The van der Waals surface area contributed by atoms with Crippen molar-refractivity contribution < 1.29 is 18.3 Å². The summed E-state index contributed by atoms with van der Waals surface area (Å²) in [6.07, 6.45) is 0.390. The zero-order valence-corrected chi connectivity index (χ0v) is 10.1. The van der Waals surface area contributed by atoms with Crippen molar-refractivity contribution in [1.82, 2.24) is 5.32 Å². The van der Waals surface area contributed by atoms with Crippen LogP contribution in [0.1, 0.15) is 18.9 Å². The third-order valence-electron chi connectivity index (χ3n) is 2.06. The predicted molar refractivity (Wildman–Crippen MR) is 63.1 cm³/mol. The van der Waals surface area contributed by atoms with Crippen LogP contribution in [-0.4, -0.2) is 19.6 Å². The van der Waals surface area contributed by atoms with Crippen LogP contribution in [0.5, 0.6) is 5.75 Å². The molecule has 1 rings (SSSR count). The SMILES string of the molecule is COc1c(F)cc(F)cc1C#CCCNC(C)=O. The Morgan fingerprint density at radius 2 is 2.17 bits per heavy atom. The van der Waals surface area contributed by atoms with E-state index in [-0.39, 0.29) is 17.2 Å². The highest BCUT2D eigenvalue weighted by Gasteiger charge is 2.09. The molecule has 0 radical (unpaired) electrons. The number of nitrogens with one attached hydrogen (secondary N) is 1. The molecule has 18 heavy (non-hydrogen) atoms. The second-order valence-corrected chi connectivity index (χ2v) is 3.50. The molecule has 0 bridgehead atoms. The van der Waals surface area contributed by atoms with Crippen molar-refractivity contribution in [3.8, 4) is 17.6 Å². The van der Waals surface area contributed by atoms with Crippen molar-refractivity contribution in [2.24, 2.45) is 0 Å². The number of rotatable bonds is 3. The summed E-state index contributed by atoms with van der Waals surface area (Å²) in [5.74, 6) is 3.60. The molecule has 1 amide bonds. The van der Waals surface area contributed by atoms with Crippen LogP contribution < -0.4 is 10.1 Å². The average molecular weight is 253 g/mol. The zero-order chi connectivity index (χ0) is 13.5. The highest BCUT2D eigenvalue weighted by Crippen LogP contribution is 2.22. The molecule has 0 fully saturated rings. The van der Waals surface area contributed by atoms with Crippen molar-refractivity contribution in [3.63, 3.8) is 0 Å². The second-order valence-electron chi connectivity index (χ2n) is 3.50. The van der Waals surface area contributed by atoms with E-state index < -0.39 is 11.6 Å². The van der Waals surface area contributed by atoms with Crippen LogP contribution in [0.25, 0.3) is 0 Å². The van der Waals surface area contributed by atoms with Gasteiger partial charge in [0.25, 0.3) is 0 Å². The Bertz CT molecular complexity index is 504. The van der Waals surface area contributed by atoms with E-state index in [9.17, 15) is 13.6 Å². The fourth-order valence-electron chi connectivity index (χ4n) is 1.32. The smallest absolute Gasteiger partial charge is 0.216 e. The third kappa shape index (κ3) is 4.06. The fourth-order valence-corrected chi connectivity index (χ4v) is 1.32. The molecule has 1 aromatic carbocycles. The molecule has 1 aromatic rings. The number of halogens is 2. The number of carbonyl (C=O) groups is 1. The first kappa shape index (κ1) is 14.0. The molecule has 0 saturated heterocycles. The van der Waals surface area contributed by atoms with E-state index in [0.717, 1.165) is 12.1 Å². The lowest BCUT2D eigenvalue weighted by atomic mass is 10.2. The summed E-state index contributed by atoms with van der Waals surface area (Å²) in [7, 11) is 1.29. The summed E-state index contributed by atoms with van der Waals surface area (Å²) in [5, 5.41) is 2.56. The minimum Gasteiger partial charge on any atom is -0.492 e. The van der Waals surface area contributed by atoms with Gasteiger partial charge in [0.1, 0.15) is 5.82 Å². The van der Waals surface area contributed by atoms with Crippen molar-refractivity contribution in [2.75, 3.05) is 13.7 Å². The summed E-state index contributed by atoms with van der Waals surface area (Å²) in [6.45, 7) is 1.79. The van der Waals surface area contributed by atoms with Gasteiger partial charge in [-0.3, -0.25) is 4.79 Å². The Balaban J connectivity index is 2.77. The molecule has 5 heteroatoms. The number of hydrogen-bond donors (Lipinski definition) is 1. The first-order valence-corrected chi connectivity index (χ1v) is 5.31.